The van der Waals surface area contributed by atoms with Crippen LogP contribution in [0.25, 0.3) is 0 Å². The Morgan fingerprint density at radius 3 is 2.45 bits per heavy atom. The van der Waals surface area contributed by atoms with Gasteiger partial charge in [-0.1, -0.05) is 6.92 Å². The number of nitrogens with one attached hydrogen (secondary N) is 2. The van der Waals surface area contributed by atoms with Gasteiger partial charge in [-0.15, -0.1) is 0 Å². The Morgan fingerprint density at radius 2 is 1.95 bits per heavy atom. The number of carbonyl (C=O) groups is 1. The largest absolute Gasteiger partial charge is 0.369 e. The average Bonchev–Trinajstić information content (AvgIpc) is 2.47. The summed E-state index contributed by atoms with van der Waals surface area (Å²) in [6.07, 6.45) is 3.47. The number of guanidine groups is 1. The van der Waals surface area contributed by atoms with Crippen molar-refractivity contribution in [3.8, 4) is 0 Å². The first-order valence-electron chi connectivity index (χ1n) is 8.46. The normalized spacial score (nSPS) is 18.3. The first-order chi connectivity index (χ1) is 10.4. The average molecular weight is 311 g/mol. The molecule has 1 amide bonds. The van der Waals surface area contributed by atoms with Crippen LogP contribution in [0.15, 0.2) is 4.99 Å². The Morgan fingerprint density at radius 1 is 1.32 bits per heavy atom. The van der Waals surface area contributed by atoms with Gasteiger partial charge in [0.1, 0.15) is 0 Å². The molecule has 4 N–H and O–H groups in total. The van der Waals surface area contributed by atoms with E-state index in [0.29, 0.717) is 12.6 Å². The van der Waals surface area contributed by atoms with Gasteiger partial charge in [-0.3, -0.25) is 9.79 Å². The summed E-state index contributed by atoms with van der Waals surface area (Å²) in [4.78, 5) is 18.4. The SMILES string of the molecule is CCCN1CCC(NC(=NCC(C)(C)C(N)=O)NCC)CC1. The fraction of sp³-hybridized carbons (Fsp3) is 0.875. The summed E-state index contributed by atoms with van der Waals surface area (Å²) in [5.74, 6) is 0.464. The molecule has 0 aromatic carbocycles. The lowest BCUT2D eigenvalue weighted by molar-refractivity contribution is -0.125. The molecule has 6 heteroatoms. The number of rotatable bonds is 7. The molecule has 0 bridgehead atoms. The highest BCUT2D eigenvalue weighted by molar-refractivity contribution is 5.82. The smallest absolute Gasteiger partial charge is 0.224 e. The monoisotopic (exact) mass is 311 g/mol. The van der Waals surface area contributed by atoms with Crippen LogP contribution in [0, 0.1) is 5.41 Å². The maximum atomic E-state index is 11.4. The lowest BCUT2D eigenvalue weighted by atomic mass is 9.93. The third kappa shape index (κ3) is 6.22. The summed E-state index contributed by atoms with van der Waals surface area (Å²) in [7, 11) is 0. The molecule has 128 valence electrons. The van der Waals surface area contributed by atoms with Crippen molar-refractivity contribution >= 4 is 11.9 Å². The van der Waals surface area contributed by atoms with Crippen molar-refractivity contribution in [3.63, 3.8) is 0 Å². The third-order valence-corrected chi connectivity index (χ3v) is 4.11. The second-order valence-corrected chi connectivity index (χ2v) is 6.70. The van der Waals surface area contributed by atoms with Crippen molar-refractivity contribution in [2.45, 2.75) is 53.0 Å². The highest BCUT2D eigenvalue weighted by Crippen LogP contribution is 2.14. The van der Waals surface area contributed by atoms with Gasteiger partial charge in [0, 0.05) is 25.7 Å². The fourth-order valence-corrected chi connectivity index (χ4v) is 2.49. The summed E-state index contributed by atoms with van der Waals surface area (Å²) >= 11 is 0. The highest BCUT2D eigenvalue weighted by Gasteiger charge is 2.25. The molecule has 6 nitrogen and oxygen atoms in total. The number of primary amides is 1. The standard InChI is InChI=1S/C16H33N5O/c1-5-9-21-10-7-13(8-11-21)20-15(18-6-2)19-12-16(3,4)14(17)22/h13H,5-12H2,1-4H3,(H2,17,22)(H2,18,19,20). The van der Waals surface area contributed by atoms with E-state index in [2.05, 4.69) is 27.4 Å². The maximum absolute atomic E-state index is 11.4. The van der Waals surface area contributed by atoms with E-state index in [4.69, 9.17) is 5.73 Å². The molecule has 0 spiro atoms. The summed E-state index contributed by atoms with van der Waals surface area (Å²) in [6, 6.07) is 0.447. The second kappa shape index (κ2) is 8.98. The Kier molecular flexibility index (Phi) is 7.65. The number of nitrogens with zero attached hydrogens (tertiary/aromatic N) is 2. The van der Waals surface area contributed by atoms with E-state index in [1.807, 2.05) is 20.8 Å². The predicted molar refractivity (Wildman–Crippen MR) is 91.8 cm³/mol. The molecule has 0 radical (unpaired) electrons. The van der Waals surface area contributed by atoms with Crippen molar-refractivity contribution in [1.82, 2.24) is 15.5 Å². The number of likely N-dealkylation sites (tertiary alicyclic amines) is 1. The van der Waals surface area contributed by atoms with Gasteiger partial charge in [0.2, 0.25) is 5.91 Å². The number of nitrogens with two attached hydrogens (primary N) is 1. The van der Waals surface area contributed by atoms with Gasteiger partial charge in [-0.2, -0.15) is 0 Å². The minimum Gasteiger partial charge on any atom is -0.369 e. The van der Waals surface area contributed by atoms with Crippen LogP contribution in [0.3, 0.4) is 0 Å². The maximum Gasteiger partial charge on any atom is 0.224 e. The van der Waals surface area contributed by atoms with E-state index in [1.165, 1.54) is 13.0 Å². The number of piperidine rings is 1. The molecule has 1 rings (SSSR count). The quantitative estimate of drug-likeness (QED) is 0.482. The molecule has 1 aliphatic rings. The number of hydrogen-bond acceptors (Lipinski definition) is 3. The first kappa shape index (κ1) is 18.7. The van der Waals surface area contributed by atoms with Crippen molar-refractivity contribution < 1.29 is 4.79 Å². The molecule has 1 saturated heterocycles. The van der Waals surface area contributed by atoms with Gasteiger partial charge in [0.15, 0.2) is 5.96 Å². The third-order valence-electron chi connectivity index (χ3n) is 4.11. The van der Waals surface area contributed by atoms with Gasteiger partial charge in [-0.05, 0) is 46.6 Å². The van der Waals surface area contributed by atoms with E-state index >= 15 is 0 Å². The zero-order valence-corrected chi connectivity index (χ0v) is 14.6. The molecule has 0 atom stereocenters. The molecule has 0 saturated carbocycles. The van der Waals surface area contributed by atoms with E-state index in [0.717, 1.165) is 38.4 Å². The van der Waals surface area contributed by atoms with Crippen LogP contribution in [0.2, 0.25) is 0 Å². The van der Waals surface area contributed by atoms with Crippen molar-refractivity contribution in [2.24, 2.45) is 16.1 Å². The van der Waals surface area contributed by atoms with Gasteiger partial charge >= 0.3 is 0 Å². The van der Waals surface area contributed by atoms with Crippen LogP contribution in [-0.2, 0) is 4.79 Å². The van der Waals surface area contributed by atoms with Gasteiger partial charge < -0.3 is 21.3 Å². The molecule has 22 heavy (non-hydrogen) atoms. The summed E-state index contributed by atoms with van der Waals surface area (Å²) in [6.45, 7) is 12.6. The van der Waals surface area contributed by atoms with Crippen LogP contribution in [0.5, 0.6) is 0 Å². The summed E-state index contributed by atoms with van der Waals surface area (Å²) in [5, 5.41) is 6.74. The molecule has 1 heterocycles. The molecule has 0 aliphatic carbocycles. The minimum atomic E-state index is -0.618. The van der Waals surface area contributed by atoms with Gasteiger partial charge in [-0.25, -0.2) is 0 Å². The van der Waals surface area contributed by atoms with E-state index < -0.39 is 5.41 Å². The molecular weight excluding hydrogens is 278 g/mol. The second-order valence-electron chi connectivity index (χ2n) is 6.70. The number of hydrogen-bond donors (Lipinski definition) is 3. The summed E-state index contributed by atoms with van der Waals surface area (Å²) < 4.78 is 0. The fourth-order valence-electron chi connectivity index (χ4n) is 2.49. The predicted octanol–water partition coefficient (Wildman–Crippen LogP) is 0.927. The minimum absolute atomic E-state index is 0.319. The number of carbonyl (C=O) groups excluding carboxylic acids is 1. The van der Waals surface area contributed by atoms with E-state index in [9.17, 15) is 4.79 Å². The molecule has 1 aliphatic heterocycles. The van der Waals surface area contributed by atoms with Crippen LogP contribution < -0.4 is 16.4 Å². The van der Waals surface area contributed by atoms with Crippen LogP contribution in [0.4, 0.5) is 0 Å². The Labute approximate surface area is 134 Å². The molecule has 0 aromatic heterocycles. The van der Waals surface area contributed by atoms with Crippen LogP contribution >= 0.6 is 0 Å². The van der Waals surface area contributed by atoms with Gasteiger partial charge in [0.05, 0.1) is 12.0 Å². The van der Waals surface area contributed by atoms with Crippen molar-refractivity contribution in [2.75, 3.05) is 32.7 Å². The Bertz CT molecular complexity index is 373. The van der Waals surface area contributed by atoms with Crippen molar-refractivity contribution in [1.29, 1.82) is 0 Å². The van der Waals surface area contributed by atoms with Crippen LogP contribution in [0.1, 0.15) is 47.0 Å². The van der Waals surface area contributed by atoms with Crippen molar-refractivity contribution in [3.05, 3.63) is 0 Å². The Balaban J connectivity index is 2.52. The molecular formula is C16H33N5O. The lowest BCUT2D eigenvalue weighted by Crippen LogP contribution is -2.49. The zero-order valence-electron chi connectivity index (χ0n) is 14.6. The summed E-state index contributed by atoms with van der Waals surface area (Å²) in [5.41, 5.74) is 4.79. The van der Waals surface area contributed by atoms with Crippen LogP contribution in [-0.4, -0.2) is 55.5 Å². The molecule has 1 fully saturated rings. The lowest BCUT2D eigenvalue weighted by Gasteiger charge is -2.33. The Hall–Kier alpha value is -1.30. The molecule has 0 unspecified atom stereocenters. The topological polar surface area (TPSA) is 82.8 Å². The first-order valence-corrected chi connectivity index (χ1v) is 8.46. The zero-order chi connectivity index (χ0) is 16.6. The molecule has 0 aromatic rings. The number of amides is 1. The number of aliphatic imine (C=N–C) groups is 1. The van der Waals surface area contributed by atoms with E-state index in [-0.39, 0.29) is 5.91 Å². The van der Waals surface area contributed by atoms with E-state index in [1.54, 1.807) is 0 Å². The highest BCUT2D eigenvalue weighted by atomic mass is 16.1. The van der Waals surface area contributed by atoms with Gasteiger partial charge in [0.25, 0.3) is 0 Å².